The van der Waals surface area contributed by atoms with E-state index in [9.17, 15) is 0 Å². The Morgan fingerprint density at radius 3 is 2.24 bits per heavy atom. The monoisotopic (exact) mass is 408 g/mol. The first-order valence-corrected chi connectivity index (χ1v) is 9.55. The average Bonchev–Trinajstić information content (AvgIpc) is 2.75. The second-order valence-electron chi connectivity index (χ2n) is 7.52. The van der Waals surface area contributed by atoms with Crippen LogP contribution in [0.2, 0.25) is 0 Å². The fourth-order valence-electron chi connectivity index (χ4n) is 5.73. The molecule has 0 unspecified atom stereocenters. The van der Waals surface area contributed by atoms with Crippen LogP contribution < -0.4 is 0 Å². The molecule has 2 aromatic heterocycles. The molecule has 0 radical (unpaired) electrons. The van der Waals surface area contributed by atoms with E-state index < -0.39 is 0 Å². The van der Waals surface area contributed by atoms with Gasteiger partial charge in [0.2, 0.25) is 0 Å². The molecule has 0 N–H and O–H groups in total. The van der Waals surface area contributed by atoms with E-state index in [1.165, 1.54) is 48.8 Å². The van der Waals surface area contributed by atoms with Gasteiger partial charge in [-0.05, 0) is 100 Å². The minimum absolute atomic E-state index is 0.353. The number of fused-ring (bicyclic) bond motifs is 1. The summed E-state index contributed by atoms with van der Waals surface area (Å²) in [6, 6.07) is 4.19. The molecule has 0 aliphatic heterocycles. The highest BCUT2D eigenvalue weighted by Gasteiger charge is 2.53. The molecule has 2 nitrogen and oxygen atoms in total. The fraction of sp³-hybridized carbons (Fsp3) is 0.588. The summed E-state index contributed by atoms with van der Waals surface area (Å²) in [5, 5.41) is 0. The Kier molecular flexibility index (Phi) is 2.72. The molecular formula is C17H18Br2N2. The summed E-state index contributed by atoms with van der Waals surface area (Å²) in [7, 11) is 0. The van der Waals surface area contributed by atoms with Crippen LogP contribution in [0.15, 0.2) is 27.4 Å². The van der Waals surface area contributed by atoms with E-state index in [-0.39, 0.29) is 0 Å². The minimum Gasteiger partial charge on any atom is -0.293 e. The van der Waals surface area contributed by atoms with Crippen molar-refractivity contribution in [3.8, 4) is 0 Å². The SMILES string of the molecule is Brc1ccc2nc(C34CC5CC(CC(C5)C3)C4)c(Br)n2c1. The second kappa shape index (κ2) is 4.35. The van der Waals surface area contributed by atoms with Gasteiger partial charge in [0, 0.05) is 16.1 Å². The average molecular weight is 410 g/mol. The van der Waals surface area contributed by atoms with Gasteiger partial charge in [0.1, 0.15) is 10.3 Å². The molecule has 4 heteroatoms. The molecule has 4 aliphatic carbocycles. The van der Waals surface area contributed by atoms with Gasteiger partial charge in [-0.3, -0.25) is 4.40 Å². The van der Waals surface area contributed by atoms with Crippen molar-refractivity contribution in [3.05, 3.63) is 33.1 Å². The van der Waals surface area contributed by atoms with Crippen molar-refractivity contribution in [2.24, 2.45) is 17.8 Å². The van der Waals surface area contributed by atoms with E-state index in [1.54, 1.807) is 0 Å². The van der Waals surface area contributed by atoms with Crippen LogP contribution in [0.4, 0.5) is 0 Å². The summed E-state index contributed by atoms with van der Waals surface area (Å²) in [6.07, 6.45) is 10.7. The van der Waals surface area contributed by atoms with Gasteiger partial charge in [-0.25, -0.2) is 4.98 Å². The Bertz CT molecular complexity index is 698. The lowest BCUT2D eigenvalue weighted by Crippen LogP contribution is -2.48. The molecule has 4 aliphatic rings. The summed E-state index contributed by atoms with van der Waals surface area (Å²) in [5.74, 6) is 2.87. The topological polar surface area (TPSA) is 17.3 Å². The van der Waals surface area contributed by atoms with Crippen LogP contribution >= 0.6 is 31.9 Å². The van der Waals surface area contributed by atoms with E-state index in [1.807, 2.05) is 0 Å². The van der Waals surface area contributed by atoms with Crippen molar-refractivity contribution in [2.45, 2.75) is 43.9 Å². The van der Waals surface area contributed by atoms with E-state index in [2.05, 4.69) is 54.6 Å². The molecule has 4 saturated carbocycles. The lowest BCUT2D eigenvalue weighted by Gasteiger charge is -2.56. The number of aromatic nitrogens is 2. The van der Waals surface area contributed by atoms with Gasteiger partial charge in [-0.15, -0.1) is 0 Å². The molecule has 0 spiro atoms. The lowest BCUT2D eigenvalue weighted by molar-refractivity contribution is -0.00733. The first-order chi connectivity index (χ1) is 10.1. The van der Waals surface area contributed by atoms with E-state index in [4.69, 9.17) is 4.98 Å². The fourth-order valence-corrected chi connectivity index (χ4v) is 6.86. The maximum atomic E-state index is 5.04. The van der Waals surface area contributed by atoms with Crippen LogP contribution in [0.1, 0.15) is 44.2 Å². The Morgan fingerprint density at radius 1 is 1.00 bits per heavy atom. The molecule has 2 aromatic rings. The van der Waals surface area contributed by atoms with Gasteiger partial charge in [-0.2, -0.15) is 0 Å². The van der Waals surface area contributed by atoms with Crippen LogP contribution in [0.3, 0.4) is 0 Å². The normalized spacial score (nSPS) is 37.5. The molecule has 0 aromatic carbocycles. The zero-order valence-corrected chi connectivity index (χ0v) is 15.0. The highest BCUT2D eigenvalue weighted by Crippen LogP contribution is 2.61. The first-order valence-electron chi connectivity index (χ1n) is 7.96. The molecule has 4 fully saturated rings. The van der Waals surface area contributed by atoms with Crippen LogP contribution in [0, 0.1) is 17.8 Å². The summed E-state index contributed by atoms with van der Waals surface area (Å²) in [6.45, 7) is 0. The number of rotatable bonds is 1. The summed E-state index contributed by atoms with van der Waals surface area (Å²) in [5.41, 5.74) is 2.75. The molecule has 2 heterocycles. The van der Waals surface area contributed by atoms with Crippen LogP contribution in [0.25, 0.3) is 5.65 Å². The van der Waals surface area contributed by atoms with Crippen molar-refractivity contribution in [1.82, 2.24) is 9.38 Å². The Hall–Kier alpha value is -0.350. The van der Waals surface area contributed by atoms with Gasteiger partial charge in [-0.1, -0.05) is 0 Å². The van der Waals surface area contributed by atoms with Crippen molar-refractivity contribution >= 4 is 37.5 Å². The van der Waals surface area contributed by atoms with E-state index >= 15 is 0 Å². The summed E-state index contributed by atoms with van der Waals surface area (Å²) in [4.78, 5) is 5.04. The van der Waals surface area contributed by atoms with Crippen molar-refractivity contribution in [1.29, 1.82) is 0 Å². The maximum Gasteiger partial charge on any atom is 0.138 e. The zero-order valence-electron chi connectivity index (χ0n) is 11.9. The number of imidazole rings is 1. The van der Waals surface area contributed by atoms with E-state index in [0.29, 0.717) is 5.41 Å². The predicted octanol–water partition coefficient (Wildman–Crippen LogP) is 5.33. The molecule has 4 bridgehead atoms. The third-order valence-corrected chi connectivity index (χ3v) is 7.29. The zero-order chi connectivity index (χ0) is 14.2. The number of nitrogens with zero attached hydrogens (tertiary/aromatic N) is 2. The largest absolute Gasteiger partial charge is 0.293 e. The third kappa shape index (κ3) is 1.84. The molecule has 110 valence electrons. The second-order valence-corrected chi connectivity index (χ2v) is 9.19. The number of pyridine rings is 1. The predicted molar refractivity (Wildman–Crippen MR) is 90.4 cm³/mol. The van der Waals surface area contributed by atoms with Crippen molar-refractivity contribution in [2.75, 3.05) is 0 Å². The number of hydrogen-bond donors (Lipinski definition) is 0. The maximum absolute atomic E-state index is 5.04. The number of halogens is 2. The van der Waals surface area contributed by atoms with Crippen LogP contribution in [-0.2, 0) is 5.41 Å². The minimum atomic E-state index is 0.353. The van der Waals surface area contributed by atoms with Crippen molar-refractivity contribution in [3.63, 3.8) is 0 Å². The van der Waals surface area contributed by atoms with Gasteiger partial charge < -0.3 is 0 Å². The Morgan fingerprint density at radius 2 is 1.62 bits per heavy atom. The number of hydrogen-bond acceptors (Lipinski definition) is 1. The molecule has 0 saturated heterocycles. The van der Waals surface area contributed by atoms with Crippen molar-refractivity contribution < 1.29 is 0 Å². The first kappa shape index (κ1) is 13.1. The third-order valence-electron chi connectivity index (χ3n) is 6.06. The van der Waals surface area contributed by atoms with E-state index in [0.717, 1.165) is 27.9 Å². The molecular weight excluding hydrogens is 392 g/mol. The molecule has 21 heavy (non-hydrogen) atoms. The van der Waals surface area contributed by atoms with Gasteiger partial charge in [0.05, 0.1) is 5.69 Å². The Labute approximate surface area is 141 Å². The smallest absolute Gasteiger partial charge is 0.138 e. The standard InChI is InChI=1S/C17H18Br2N2/c18-13-1-2-14-20-15(16(19)21(14)9-13)17-6-10-3-11(7-17)5-12(4-10)8-17/h1-2,9-12H,3-8H2. The molecule has 0 amide bonds. The molecule has 6 rings (SSSR count). The van der Waals surface area contributed by atoms with Crippen LogP contribution in [0.5, 0.6) is 0 Å². The highest BCUT2D eigenvalue weighted by atomic mass is 79.9. The highest BCUT2D eigenvalue weighted by molar-refractivity contribution is 9.10. The summed E-state index contributed by atoms with van der Waals surface area (Å²) >= 11 is 7.43. The van der Waals surface area contributed by atoms with Gasteiger partial charge in [0.25, 0.3) is 0 Å². The quantitative estimate of drug-likeness (QED) is 0.622. The van der Waals surface area contributed by atoms with Gasteiger partial charge >= 0.3 is 0 Å². The Balaban J connectivity index is 1.68. The molecule has 0 atom stereocenters. The lowest BCUT2D eigenvalue weighted by atomic mass is 9.49. The summed E-state index contributed by atoms with van der Waals surface area (Å²) < 4.78 is 4.48. The van der Waals surface area contributed by atoms with Gasteiger partial charge in [0.15, 0.2) is 0 Å². The van der Waals surface area contributed by atoms with Crippen LogP contribution in [-0.4, -0.2) is 9.38 Å².